The lowest BCUT2D eigenvalue weighted by molar-refractivity contribution is -0.142. The van der Waals surface area contributed by atoms with Gasteiger partial charge >= 0.3 is 5.97 Å². The van der Waals surface area contributed by atoms with Gasteiger partial charge in [0.15, 0.2) is 0 Å². The molecule has 0 amide bonds. The van der Waals surface area contributed by atoms with Gasteiger partial charge in [-0.1, -0.05) is 19.3 Å². The van der Waals surface area contributed by atoms with Gasteiger partial charge in [-0.2, -0.15) is 5.26 Å². The number of carbonyl (C=O) groups excluding carboxylic acids is 1. The molecule has 0 radical (unpaired) electrons. The molecule has 1 N–H and O–H groups in total. The molecule has 1 rings (SSSR count). The first-order valence-electron chi connectivity index (χ1n) is 5.92. The molecule has 1 saturated carbocycles. The van der Waals surface area contributed by atoms with Gasteiger partial charge in [-0.3, -0.25) is 4.79 Å². The smallest absolute Gasteiger partial charge is 0.322 e. The summed E-state index contributed by atoms with van der Waals surface area (Å²) in [6.07, 6.45) is 5.33. The maximum absolute atomic E-state index is 11.3. The summed E-state index contributed by atoms with van der Waals surface area (Å²) in [5.41, 5.74) is 0. The Morgan fingerprint density at radius 3 is 2.75 bits per heavy atom. The van der Waals surface area contributed by atoms with Gasteiger partial charge in [-0.15, -0.1) is 0 Å². The van der Waals surface area contributed by atoms with Crippen molar-refractivity contribution in [1.29, 1.82) is 5.26 Å². The maximum Gasteiger partial charge on any atom is 0.322 e. The van der Waals surface area contributed by atoms with Crippen molar-refractivity contribution >= 4 is 5.97 Å². The average molecular weight is 224 g/mol. The molecule has 0 saturated heterocycles. The highest BCUT2D eigenvalue weighted by Gasteiger charge is 2.26. The zero-order valence-electron chi connectivity index (χ0n) is 10.0. The van der Waals surface area contributed by atoms with Crippen LogP contribution in [0.15, 0.2) is 0 Å². The van der Waals surface area contributed by atoms with Crippen molar-refractivity contribution in [3.8, 4) is 6.07 Å². The monoisotopic (exact) mass is 224 g/mol. The zero-order valence-corrected chi connectivity index (χ0v) is 10.0. The van der Waals surface area contributed by atoms with Crippen molar-refractivity contribution < 1.29 is 9.53 Å². The topological polar surface area (TPSA) is 62.1 Å². The van der Waals surface area contributed by atoms with Gasteiger partial charge in [-0.25, -0.2) is 0 Å². The lowest BCUT2D eigenvalue weighted by atomic mass is 9.95. The van der Waals surface area contributed by atoms with E-state index in [1.165, 1.54) is 13.5 Å². The van der Waals surface area contributed by atoms with Crippen molar-refractivity contribution in [2.45, 2.75) is 51.1 Å². The zero-order chi connectivity index (χ0) is 12.0. The summed E-state index contributed by atoms with van der Waals surface area (Å²) in [5, 5.41) is 12.3. The summed E-state index contributed by atoms with van der Waals surface area (Å²) in [6, 6.07) is 2.14. The minimum Gasteiger partial charge on any atom is -0.468 e. The van der Waals surface area contributed by atoms with Crippen molar-refractivity contribution in [1.82, 2.24) is 5.32 Å². The number of nitrogens with one attached hydrogen (secondary N) is 1. The van der Waals surface area contributed by atoms with Crippen molar-refractivity contribution in [2.75, 3.05) is 7.11 Å². The van der Waals surface area contributed by atoms with Crippen LogP contribution in [0.25, 0.3) is 0 Å². The van der Waals surface area contributed by atoms with E-state index in [4.69, 9.17) is 5.26 Å². The summed E-state index contributed by atoms with van der Waals surface area (Å²) >= 11 is 0. The molecular formula is C12H20N2O2. The fourth-order valence-electron chi connectivity index (χ4n) is 2.23. The van der Waals surface area contributed by atoms with Gasteiger partial charge in [0, 0.05) is 6.04 Å². The van der Waals surface area contributed by atoms with Crippen LogP contribution in [0, 0.1) is 17.2 Å². The lowest BCUT2D eigenvalue weighted by Gasteiger charge is -2.23. The molecule has 90 valence electrons. The first-order chi connectivity index (χ1) is 7.69. The Labute approximate surface area is 97.0 Å². The van der Waals surface area contributed by atoms with Gasteiger partial charge in [-0.05, 0) is 19.8 Å². The van der Waals surface area contributed by atoms with E-state index >= 15 is 0 Å². The minimum absolute atomic E-state index is 0.0228. The van der Waals surface area contributed by atoms with E-state index in [-0.39, 0.29) is 24.0 Å². The molecule has 1 aliphatic rings. The number of methoxy groups -OCH3 is 1. The fraction of sp³-hybridized carbons (Fsp3) is 0.833. The highest BCUT2D eigenvalue weighted by atomic mass is 16.5. The largest absolute Gasteiger partial charge is 0.468 e. The van der Waals surface area contributed by atoms with E-state index in [9.17, 15) is 4.79 Å². The summed E-state index contributed by atoms with van der Waals surface area (Å²) in [5.74, 6) is -0.240. The van der Waals surface area contributed by atoms with Gasteiger partial charge in [0.25, 0.3) is 0 Å². The van der Waals surface area contributed by atoms with Gasteiger partial charge in [0.05, 0.1) is 19.1 Å². The van der Waals surface area contributed by atoms with Crippen molar-refractivity contribution in [3.63, 3.8) is 0 Å². The number of nitrogens with zero attached hydrogens (tertiary/aromatic N) is 1. The number of nitriles is 1. The standard InChI is InChI=1S/C12H20N2O2/c1-9(12(15)16-2)14-11-7-5-3-4-6-10(11)8-13/h9-11,14H,3-7H2,1-2H3. The Hall–Kier alpha value is -1.08. The third kappa shape index (κ3) is 3.49. The van der Waals surface area contributed by atoms with Crippen LogP contribution >= 0.6 is 0 Å². The molecule has 16 heavy (non-hydrogen) atoms. The van der Waals surface area contributed by atoms with Crippen LogP contribution in [0.3, 0.4) is 0 Å². The lowest BCUT2D eigenvalue weighted by Crippen LogP contribution is -2.45. The third-order valence-electron chi connectivity index (χ3n) is 3.20. The quantitative estimate of drug-likeness (QED) is 0.584. The molecule has 4 heteroatoms. The summed E-state index contributed by atoms with van der Waals surface area (Å²) in [4.78, 5) is 11.3. The predicted octanol–water partition coefficient (Wildman–Crippen LogP) is 1.61. The van der Waals surface area contributed by atoms with E-state index in [2.05, 4.69) is 16.1 Å². The molecule has 1 aliphatic carbocycles. The predicted molar refractivity (Wildman–Crippen MR) is 60.6 cm³/mol. The Kier molecular flexibility index (Phi) is 5.27. The number of rotatable bonds is 3. The van der Waals surface area contributed by atoms with Crippen LogP contribution in [0.1, 0.15) is 39.0 Å². The van der Waals surface area contributed by atoms with Crippen LogP contribution in [-0.2, 0) is 9.53 Å². The number of hydrogen-bond donors (Lipinski definition) is 1. The summed E-state index contributed by atoms with van der Waals surface area (Å²) < 4.78 is 4.67. The van der Waals surface area contributed by atoms with E-state index in [0.717, 1.165) is 25.7 Å². The maximum atomic E-state index is 11.3. The second-order valence-electron chi connectivity index (χ2n) is 4.39. The van der Waals surface area contributed by atoms with Gasteiger partial charge in [0.2, 0.25) is 0 Å². The molecule has 3 unspecified atom stereocenters. The van der Waals surface area contributed by atoms with Crippen LogP contribution in [-0.4, -0.2) is 25.2 Å². The molecule has 1 fully saturated rings. The summed E-state index contributed by atoms with van der Waals surface area (Å²) in [7, 11) is 1.38. The molecule has 0 spiro atoms. The highest BCUT2D eigenvalue weighted by molar-refractivity contribution is 5.75. The molecule has 0 heterocycles. The van der Waals surface area contributed by atoms with Crippen LogP contribution in [0.5, 0.6) is 0 Å². The molecule has 0 aromatic rings. The second-order valence-corrected chi connectivity index (χ2v) is 4.39. The molecule has 0 aromatic heterocycles. The fourth-order valence-corrected chi connectivity index (χ4v) is 2.23. The van der Waals surface area contributed by atoms with Crippen molar-refractivity contribution in [3.05, 3.63) is 0 Å². The second kappa shape index (κ2) is 6.49. The first-order valence-corrected chi connectivity index (χ1v) is 5.92. The van der Waals surface area contributed by atoms with E-state index in [0.29, 0.717) is 0 Å². The number of esters is 1. The Balaban J connectivity index is 2.55. The molecule has 4 nitrogen and oxygen atoms in total. The van der Waals surface area contributed by atoms with E-state index < -0.39 is 0 Å². The van der Waals surface area contributed by atoms with Crippen molar-refractivity contribution in [2.24, 2.45) is 5.92 Å². The first kappa shape index (κ1) is 13.0. The Morgan fingerprint density at radius 2 is 2.12 bits per heavy atom. The number of hydrogen-bond acceptors (Lipinski definition) is 4. The van der Waals surface area contributed by atoms with Gasteiger partial charge < -0.3 is 10.1 Å². The third-order valence-corrected chi connectivity index (χ3v) is 3.20. The molecule has 0 aliphatic heterocycles. The molecule has 0 aromatic carbocycles. The van der Waals surface area contributed by atoms with E-state index in [1.807, 2.05) is 0 Å². The van der Waals surface area contributed by atoms with Crippen LogP contribution in [0.4, 0.5) is 0 Å². The van der Waals surface area contributed by atoms with Gasteiger partial charge in [0.1, 0.15) is 6.04 Å². The van der Waals surface area contributed by atoms with Crippen LogP contribution in [0.2, 0.25) is 0 Å². The molecular weight excluding hydrogens is 204 g/mol. The Morgan fingerprint density at radius 1 is 1.44 bits per heavy atom. The normalized spacial score (nSPS) is 27.6. The number of ether oxygens (including phenoxy) is 1. The average Bonchev–Trinajstić information content (AvgIpc) is 2.52. The highest BCUT2D eigenvalue weighted by Crippen LogP contribution is 2.23. The molecule has 0 bridgehead atoms. The van der Waals surface area contributed by atoms with Crippen LogP contribution < -0.4 is 5.32 Å². The Bertz CT molecular complexity index is 273. The molecule has 3 atom stereocenters. The number of carbonyl (C=O) groups is 1. The summed E-state index contributed by atoms with van der Waals surface area (Å²) in [6.45, 7) is 1.78. The minimum atomic E-state index is -0.330. The SMILES string of the molecule is COC(=O)C(C)NC1CCCCCC1C#N. The van der Waals surface area contributed by atoms with E-state index in [1.54, 1.807) is 6.92 Å².